The lowest BCUT2D eigenvalue weighted by Crippen LogP contribution is -2.30. The molecule has 0 unspecified atom stereocenters. The van der Waals surface area contributed by atoms with Crippen molar-refractivity contribution in [2.24, 2.45) is 0 Å². The van der Waals surface area contributed by atoms with Gasteiger partial charge in [0.1, 0.15) is 5.75 Å². The van der Waals surface area contributed by atoms with Crippen molar-refractivity contribution in [3.05, 3.63) is 83.9 Å². The van der Waals surface area contributed by atoms with E-state index in [4.69, 9.17) is 4.74 Å². The van der Waals surface area contributed by atoms with Crippen LogP contribution in [0.2, 0.25) is 0 Å². The lowest BCUT2D eigenvalue weighted by atomic mass is 9.87. The van der Waals surface area contributed by atoms with E-state index in [0.29, 0.717) is 17.5 Å². The van der Waals surface area contributed by atoms with E-state index in [9.17, 15) is 26.4 Å². The SMILES string of the molecule is C[C@H](Oc1ccc(C(C)(C)C)cc1)C(=O)Nc1ccc(S(=O)(=O)Nc2cccc(C(F)(F)F)c2)cc1. The van der Waals surface area contributed by atoms with Crippen LogP contribution in [0, 0.1) is 0 Å². The molecule has 0 aliphatic carbocycles. The van der Waals surface area contributed by atoms with E-state index >= 15 is 0 Å². The minimum atomic E-state index is -4.60. The number of carbonyl (C=O) groups excluding carboxylic acids is 1. The Morgan fingerprint density at radius 1 is 0.861 bits per heavy atom. The second-order valence-electron chi connectivity index (χ2n) is 9.23. The van der Waals surface area contributed by atoms with Gasteiger partial charge >= 0.3 is 6.18 Å². The lowest BCUT2D eigenvalue weighted by Gasteiger charge is -2.20. The number of ether oxygens (including phenoxy) is 1. The van der Waals surface area contributed by atoms with E-state index in [1.54, 1.807) is 19.1 Å². The number of anilines is 2. The molecule has 0 radical (unpaired) electrons. The van der Waals surface area contributed by atoms with Crippen molar-refractivity contribution >= 4 is 27.3 Å². The van der Waals surface area contributed by atoms with Gasteiger partial charge in [0, 0.05) is 11.4 Å². The number of amides is 1. The van der Waals surface area contributed by atoms with Gasteiger partial charge in [0.15, 0.2) is 6.10 Å². The molecular weight excluding hydrogens is 493 g/mol. The molecule has 0 aliphatic heterocycles. The number of alkyl halides is 3. The topological polar surface area (TPSA) is 84.5 Å². The third kappa shape index (κ3) is 7.00. The van der Waals surface area contributed by atoms with Crippen molar-refractivity contribution in [3.8, 4) is 5.75 Å². The summed E-state index contributed by atoms with van der Waals surface area (Å²) in [5.41, 5.74) is 0.260. The van der Waals surface area contributed by atoms with Gasteiger partial charge in [-0.3, -0.25) is 9.52 Å². The Balaban J connectivity index is 1.63. The average Bonchev–Trinajstić information content (AvgIpc) is 2.78. The molecule has 0 saturated heterocycles. The van der Waals surface area contributed by atoms with Gasteiger partial charge in [-0.25, -0.2) is 8.42 Å². The quantitative estimate of drug-likeness (QED) is 0.388. The molecule has 0 heterocycles. The summed E-state index contributed by atoms with van der Waals surface area (Å²) >= 11 is 0. The molecule has 10 heteroatoms. The molecule has 0 aliphatic rings. The van der Waals surface area contributed by atoms with Crippen LogP contribution in [0.25, 0.3) is 0 Å². The Hall–Kier alpha value is -3.53. The summed E-state index contributed by atoms with van der Waals surface area (Å²) in [6.07, 6.45) is -5.42. The molecule has 0 spiro atoms. The van der Waals surface area contributed by atoms with Crippen molar-refractivity contribution < 1.29 is 31.1 Å². The first-order valence-corrected chi connectivity index (χ1v) is 12.5. The van der Waals surface area contributed by atoms with Crippen molar-refractivity contribution in [1.82, 2.24) is 0 Å². The molecule has 6 nitrogen and oxygen atoms in total. The molecule has 0 saturated carbocycles. The second-order valence-corrected chi connectivity index (χ2v) is 10.9. The molecule has 3 aromatic carbocycles. The normalized spacial score (nSPS) is 13.1. The molecule has 0 fully saturated rings. The number of halogens is 3. The molecule has 1 amide bonds. The van der Waals surface area contributed by atoms with Gasteiger partial charge < -0.3 is 10.1 Å². The summed E-state index contributed by atoms with van der Waals surface area (Å²) in [7, 11) is -4.15. The zero-order chi connectivity index (χ0) is 26.7. The molecule has 36 heavy (non-hydrogen) atoms. The lowest BCUT2D eigenvalue weighted by molar-refractivity contribution is -0.137. The molecule has 192 valence electrons. The number of hydrogen-bond acceptors (Lipinski definition) is 4. The van der Waals surface area contributed by atoms with Crippen LogP contribution >= 0.6 is 0 Å². The van der Waals surface area contributed by atoms with Crippen molar-refractivity contribution in [2.45, 2.75) is 50.3 Å². The molecule has 1 atom stereocenters. The van der Waals surface area contributed by atoms with Crippen molar-refractivity contribution in [2.75, 3.05) is 10.0 Å². The minimum Gasteiger partial charge on any atom is -0.481 e. The zero-order valence-electron chi connectivity index (χ0n) is 20.2. The van der Waals surface area contributed by atoms with Crippen molar-refractivity contribution in [3.63, 3.8) is 0 Å². The Morgan fingerprint density at radius 3 is 2.03 bits per heavy atom. The summed E-state index contributed by atoms with van der Waals surface area (Å²) in [6, 6.07) is 16.6. The number of carbonyl (C=O) groups is 1. The summed E-state index contributed by atoms with van der Waals surface area (Å²) in [6.45, 7) is 7.87. The molecule has 3 aromatic rings. The summed E-state index contributed by atoms with van der Waals surface area (Å²) < 4.78 is 71.7. The molecule has 3 rings (SSSR count). The fraction of sp³-hybridized carbons (Fsp3) is 0.269. The van der Waals surface area contributed by atoms with E-state index in [2.05, 4.69) is 30.8 Å². The highest BCUT2D eigenvalue weighted by molar-refractivity contribution is 7.92. The van der Waals surface area contributed by atoms with Crippen LogP contribution in [0.15, 0.2) is 77.7 Å². The molecule has 0 bridgehead atoms. The first kappa shape index (κ1) is 27.1. The number of nitrogens with one attached hydrogen (secondary N) is 2. The van der Waals surface area contributed by atoms with E-state index in [-0.39, 0.29) is 16.0 Å². The number of sulfonamides is 1. The van der Waals surface area contributed by atoms with Crippen LogP contribution in [-0.2, 0) is 26.4 Å². The average molecular weight is 521 g/mol. The first-order valence-electron chi connectivity index (χ1n) is 11.0. The molecular formula is C26H27F3N2O4S. The Kier molecular flexibility index (Phi) is 7.68. The maximum absolute atomic E-state index is 12.9. The van der Waals surface area contributed by atoms with Crippen LogP contribution in [0.1, 0.15) is 38.8 Å². The number of hydrogen-bond donors (Lipinski definition) is 2. The Labute approximate surface area is 208 Å². The monoisotopic (exact) mass is 520 g/mol. The maximum atomic E-state index is 12.9. The van der Waals surface area contributed by atoms with Crippen LogP contribution in [0.3, 0.4) is 0 Å². The van der Waals surface area contributed by atoms with Crippen molar-refractivity contribution in [1.29, 1.82) is 0 Å². The van der Waals surface area contributed by atoms with Gasteiger partial charge in [-0.05, 0) is 72.5 Å². The summed E-state index contributed by atoms with van der Waals surface area (Å²) in [5, 5.41) is 2.65. The number of benzene rings is 3. The summed E-state index contributed by atoms with van der Waals surface area (Å²) in [4.78, 5) is 12.3. The van der Waals surface area contributed by atoms with E-state index in [0.717, 1.165) is 17.7 Å². The highest BCUT2D eigenvalue weighted by Gasteiger charge is 2.30. The maximum Gasteiger partial charge on any atom is 0.416 e. The third-order valence-electron chi connectivity index (χ3n) is 5.28. The largest absolute Gasteiger partial charge is 0.481 e. The Bertz CT molecular complexity index is 1320. The smallest absolute Gasteiger partial charge is 0.416 e. The van der Waals surface area contributed by atoms with E-state index < -0.39 is 33.8 Å². The standard InChI is InChI=1S/C26H27F3N2O4S/c1-17(35-22-12-8-18(9-13-22)25(2,3)4)24(32)30-20-10-14-23(15-11-20)36(33,34)31-21-7-5-6-19(16-21)26(27,28)29/h5-17,31H,1-4H3,(H,30,32)/t17-/m0/s1. The highest BCUT2D eigenvalue weighted by atomic mass is 32.2. The van der Waals surface area contributed by atoms with Crippen LogP contribution in [0.5, 0.6) is 5.75 Å². The fourth-order valence-electron chi connectivity index (χ4n) is 3.23. The second kappa shape index (κ2) is 10.2. The third-order valence-corrected chi connectivity index (χ3v) is 6.67. The van der Waals surface area contributed by atoms with Gasteiger partial charge in [-0.2, -0.15) is 13.2 Å². The van der Waals surface area contributed by atoms with Crippen LogP contribution in [0.4, 0.5) is 24.5 Å². The van der Waals surface area contributed by atoms with Gasteiger partial charge in [-0.15, -0.1) is 0 Å². The van der Waals surface area contributed by atoms with Gasteiger partial charge in [0.2, 0.25) is 0 Å². The predicted molar refractivity (Wildman–Crippen MR) is 133 cm³/mol. The fourth-order valence-corrected chi connectivity index (χ4v) is 4.28. The van der Waals surface area contributed by atoms with Gasteiger partial charge in [0.05, 0.1) is 10.5 Å². The Morgan fingerprint density at radius 2 is 1.47 bits per heavy atom. The first-order chi connectivity index (χ1) is 16.6. The number of rotatable bonds is 7. The zero-order valence-corrected chi connectivity index (χ0v) is 21.0. The van der Waals surface area contributed by atoms with E-state index in [1.165, 1.54) is 30.3 Å². The van der Waals surface area contributed by atoms with Gasteiger partial charge in [0.25, 0.3) is 15.9 Å². The molecule has 2 N–H and O–H groups in total. The van der Waals surface area contributed by atoms with E-state index in [1.807, 2.05) is 12.1 Å². The minimum absolute atomic E-state index is 0.0101. The summed E-state index contributed by atoms with van der Waals surface area (Å²) in [5.74, 6) is 0.0975. The molecule has 0 aromatic heterocycles. The van der Waals surface area contributed by atoms with Crippen LogP contribution < -0.4 is 14.8 Å². The predicted octanol–water partition coefficient (Wildman–Crippen LogP) is 6.21. The van der Waals surface area contributed by atoms with Crippen LogP contribution in [-0.4, -0.2) is 20.4 Å². The highest BCUT2D eigenvalue weighted by Crippen LogP contribution is 2.31. The van der Waals surface area contributed by atoms with Gasteiger partial charge in [-0.1, -0.05) is 39.0 Å².